The van der Waals surface area contributed by atoms with E-state index in [1.54, 1.807) is 23.1 Å². The summed E-state index contributed by atoms with van der Waals surface area (Å²) in [5.74, 6) is -0.658. The minimum absolute atomic E-state index is 0.0782. The van der Waals surface area contributed by atoms with E-state index in [0.29, 0.717) is 12.1 Å². The van der Waals surface area contributed by atoms with Crippen molar-refractivity contribution in [1.29, 1.82) is 0 Å². The zero-order valence-electron chi connectivity index (χ0n) is 23.8. The molecule has 1 fully saturated rings. The Balaban J connectivity index is 1.74. The lowest BCUT2D eigenvalue weighted by Crippen LogP contribution is -2.54. The first-order valence-corrected chi connectivity index (χ1v) is 16.6. The van der Waals surface area contributed by atoms with Crippen LogP contribution in [-0.2, 0) is 32.6 Å². The third-order valence-electron chi connectivity index (χ3n) is 7.68. The number of anilines is 1. The molecular weight excluding hydrogens is 602 g/mol. The minimum atomic E-state index is -3.81. The van der Waals surface area contributed by atoms with Crippen molar-refractivity contribution in [2.24, 2.45) is 0 Å². The fourth-order valence-electron chi connectivity index (χ4n) is 5.29. The topological polar surface area (TPSA) is 86.8 Å². The van der Waals surface area contributed by atoms with Gasteiger partial charge in [-0.2, -0.15) is 0 Å². The van der Waals surface area contributed by atoms with E-state index < -0.39 is 28.5 Å². The van der Waals surface area contributed by atoms with Crippen LogP contribution in [0.5, 0.6) is 0 Å². The number of sulfonamides is 1. The quantitative estimate of drug-likeness (QED) is 0.299. The van der Waals surface area contributed by atoms with Crippen LogP contribution in [0.25, 0.3) is 0 Å². The Labute approximate surface area is 252 Å². The Morgan fingerprint density at radius 3 is 2.24 bits per heavy atom. The number of aryl methyl sites for hydroxylation is 2. The smallest absolute Gasteiger partial charge is 0.244 e. The lowest BCUT2D eigenvalue weighted by Gasteiger charge is -2.34. The van der Waals surface area contributed by atoms with Crippen molar-refractivity contribution in [2.45, 2.75) is 64.6 Å². The molecule has 3 aromatic rings. The number of amides is 2. The molecule has 2 amide bonds. The molecule has 0 radical (unpaired) electrons. The van der Waals surface area contributed by atoms with Gasteiger partial charge in [0.2, 0.25) is 21.8 Å². The van der Waals surface area contributed by atoms with Crippen LogP contribution >= 0.6 is 15.9 Å². The highest BCUT2D eigenvalue weighted by Gasteiger charge is 2.34. The van der Waals surface area contributed by atoms with Gasteiger partial charge in [-0.05, 0) is 67.1 Å². The molecule has 41 heavy (non-hydrogen) atoms. The fourth-order valence-corrected chi connectivity index (χ4v) is 6.38. The second kappa shape index (κ2) is 13.7. The molecule has 218 valence electrons. The van der Waals surface area contributed by atoms with Crippen molar-refractivity contribution in [2.75, 3.05) is 17.1 Å². The van der Waals surface area contributed by atoms with Gasteiger partial charge in [-0.15, -0.1) is 0 Å². The summed E-state index contributed by atoms with van der Waals surface area (Å²) in [6.45, 7) is 3.59. The third-order valence-corrected chi connectivity index (χ3v) is 9.71. The number of carbonyl (C=O) groups is 2. The summed E-state index contributed by atoms with van der Waals surface area (Å²) in [7, 11) is -3.81. The van der Waals surface area contributed by atoms with Crippen molar-refractivity contribution in [3.05, 3.63) is 99.5 Å². The molecule has 0 heterocycles. The summed E-state index contributed by atoms with van der Waals surface area (Å²) in [5, 5.41) is 3.19. The van der Waals surface area contributed by atoms with Gasteiger partial charge in [0.05, 0.1) is 11.9 Å². The molecule has 1 N–H and O–H groups in total. The summed E-state index contributed by atoms with van der Waals surface area (Å²) >= 11 is 3.46. The SMILES string of the molecule is Cc1cc(N(CC(=O)N(Cc2ccccc2C)C(Cc2ccccc2)C(=O)NC2CCCC2)S(C)(=O)=O)ccc1Br. The van der Waals surface area contributed by atoms with Gasteiger partial charge >= 0.3 is 0 Å². The number of carbonyl (C=O) groups excluding carboxylic acids is 2. The first kappa shape index (κ1) is 30.8. The maximum Gasteiger partial charge on any atom is 0.244 e. The zero-order chi connectivity index (χ0) is 29.6. The second-order valence-electron chi connectivity index (χ2n) is 10.8. The van der Waals surface area contributed by atoms with Crippen LogP contribution in [0.2, 0.25) is 0 Å². The van der Waals surface area contributed by atoms with Crippen molar-refractivity contribution in [3.63, 3.8) is 0 Å². The van der Waals surface area contributed by atoms with E-state index in [9.17, 15) is 18.0 Å². The lowest BCUT2D eigenvalue weighted by molar-refractivity contribution is -0.140. The van der Waals surface area contributed by atoms with Crippen LogP contribution < -0.4 is 9.62 Å². The predicted molar refractivity (Wildman–Crippen MR) is 167 cm³/mol. The van der Waals surface area contributed by atoms with Crippen LogP contribution in [0.4, 0.5) is 5.69 Å². The van der Waals surface area contributed by atoms with E-state index in [1.165, 1.54) is 0 Å². The van der Waals surface area contributed by atoms with Crippen molar-refractivity contribution in [3.8, 4) is 0 Å². The van der Waals surface area contributed by atoms with Crippen molar-refractivity contribution < 1.29 is 18.0 Å². The van der Waals surface area contributed by atoms with Crippen LogP contribution in [0.15, 0.2) is 77.3 Å². The van der Waals surface area contributed by atoms with Crippen molar-refractivity contribution in [1.82, 2.24) is 10.2 Å². The predicted octanol–water partition coefficient (Wildman–Crippen LogP) is 5.53. The minimum Gasteiger partial charge on any atom is -0.352 e. The molecule has 1 aliphatic carbocycles. The van der Waals surface area contributed by atoms with E-state index in [1.807, 2.05) is 68.4 Å². The number of rotatable bonds is 11. The van der Waals surface area contributed by atoms with Gasteiger partial charge in [-0.1, -0.05) is 83.4 Å². The number of hydrogen-bond acceptors (Lipinski definition) is 4. The number of nitrogens with one attached hydrogen (secondary N) is 1. The molecule has 0 saturated heterocycles. The van der Waals surface area contributed by atoms with E-state index in [2.05, 4.69) is 21.2 Å². The van der Waals surface area contributed by atoms with Gasteiger partial charge in [0.1, 0.15) is 12.6 Å². The summed E-state index contributed by atoms with van der Waals surface area (Å²) in [5.41, 5.74) is 4.05. The van der Waals surface area contributed by atoms with Crippen molar-refractivity contribution >= 4 is 43.5 Å². The van der Waals surface area contributed by atoms with Gasteiger partial charge in [0, 0.05) is 23.5 Å². The standard InChI is InChI=1S/C32H38BrN3O4S/c1-23-11-7-8-14-26(23)21-35(31(37)22-36(41(3,39)40)28-17-18-29(33)24(2)19-28)30(20-25-12-5-4-6-13-25)32(38)34-27-15-9-10-16-27/h4-8,11-14,17-19,27,30H,9-10,15-16,20-22H2,1-3H3,(H,34,38). The summed E-state index contributed by atoms with van der Waals surface area (Å²) in [4.78, 5) is 29.7. The number of halogens is 1. The molecular formula is C32H38BrN3O4S. The second-order valence-corrected chi connectivity index (χ2v) is 13.6. The molecule has 0 aromatic heterocycles. The van der Waals surface area contributed by atoms with Gasteiger partial charge in [-0.25, -0.2) is 8.42 Å². The molecule has 1 unspecified atom stereocenters. The maximum absolute atomic E-state index is 14.2. The average Bonchev–Trinajstić information content (AvgIpc) is 3.44. The molecule has 1 atom stereocenters. The molecule has 1 saturated carbocycles. The average molecular weight is 641 g/mol. The molecule has 3 aromatic carbocycles. The van der Waals surface area contributed by atoms with Crippen LogP contribution in [0.3, 0.4) is 0 Å². The first-order valence-electron chi connectivity index (χ1n) is 13.9. The molecule has 4 rings (SSSR count). The highest BCUT2D eigenvalue weighted by molar-refractivity contribution is 9.10. The van der Waals surface area contributed by atoms with Gasteiger partial charge in [-0.3, -0.25) is 13.9 Å². The normalized spacial score (nSPS) is 14.4. The van der Waals surface area contributed by atoms with E-state index in [0.717, 1.165) is 63.0 Å². The van der Waals surface area contributed by atoms with E-state index in [-0.39, 0.29) is 18.5 Å². The number of nitrogens with zero attached hydrogens (tertiary/aromatic N) is 2. The molecule has 7 nitrogen and oxygen atoms in total. The molecule has 0 spiro atoms. The summed E-state index contributed by atoms with van der Waals surface area (Å²) in [6.07, 6.45) is 5.37. The molecule has 0 bridgehead atoms. The van der Waals surface area contributed by atoms with Gasteiger partial charge in [0.15, 0.2) is 0 Å². The molecule has 1 aliphatic rings. The molecule has 0 aliphatic heterocycles. The van der Waals surface area contributed by atoms with Gasteiger partial charge in [0.25, 0.3) is 0 Å². The first-order chi connectivity index (χ1) is 19.5. The van der Waals surface area contributed by atoms with Crippen LogP contribution in [0.1, 0.15) is 47.9 Å². The lowest BCUT2D eigenvalue weighted by atomic mass is 10.0. The van der Waals surface area contributed by atoms with E-state index >= 15 is 0 Å². The largest absolute Gasteiger partial charge is 0.352 e. The number of benzene rings is 3. The van der Waals surface area contributed by atoms with Crippen LogP contribution in [0, 0.1) is 13.8 Å². The Morgan fingerprint density at radius 1 is 0.951 bits per heavy atom. The Kier molecular flexibility index (Phi) is 10.3. The highest BCUT2D eigenvalue weighted by atomic mass is 79.9. The maximum atomic E-state index is 14.2. The summed E-state index contributed by atoms with van der Waals surface area (Å²) in [6, 6.07) is 21.8. The van der Waals surface area contributed by atoms with E-state index in [4.69, 9.17) is 0 Å². The summed E-state index contributed by atoms with van der Waals surface area (Å²) < 4.78 is 27.9. The van der Waals surface area contributed by atoms with Crippen LogP contribution in [-0.4, -0.2) is 50.0 Å². The zero-order valence-corrected chi connectivity index (χ0v) is 26.2. The number of hydrogen-bond donors (Lipinski definition) is 1. The fraction of sp³-hybridized carbons (Fsp3) is 0.375. The Bertz CT molecular complexity index is 1470. The molecule has 9 heteroatoms. The third kappa shape index (κ3) is 8.20. The highest BCUT2D eigenvalue weighted by Crippen LogP contribution is 2.26. The monoisotopic (exact) mass is 639 g/mol. The Morgan fingerprint density at radius 2 is 1.61 bits per heavy atom. The van der Waals surface area contributed by atoms with Gasteiger partial charge < -0.3 is 10.2 Å². The Hall–Kier alpha value is -3.17.